The number of aryl methyl sites for hydroxylation is 1. The van der Waals surface area contributed by atoms with Gasteiger partial charge in [0.15, 0.2) is 5.82 Å². The van der Waals surface area contributed by atoms with Crippen LogP contribution in [0.25, 0.3) is 5.52 Å². The zero-order valence-electron chi connectivity index (χ0n) is 16.3. The topological polar surface area (TPSA) is 71.6 Å². The van der Waals surface area contributed by atoms with Gasteiger partial charge >= 0.3 is 0 Å². The van der Waals surface area contributed by atoms with Crippen LogP contribution in [0, 0.1) is 0 Å². The highest BCUT2D eigenvalue weighted by atomic mass is 16.2. The van der Waals surface area contributed by atoms with Gasteiger partial charge in [0.2, 0.25) is 0 Å². The molecule has 1 aliphatic heterocycles. The van der Waals surface area contributed by atoms with Gasteiger partial charge in [-0.05, 0) is 37.8 Å². The van der Waals surface area contributed by atoms with Crippen molar-refractivity contribution >= 4 is 17.2 Å². The Kier molecular flexibility index (Phi) is 4.07. The molecule has 28 heavy (non-hydrogen) atoms. The van der Waals surface area contributed by atoms with Crippen LogP contribution in [0.5, 0.6) is 0 Å². The number of hydrogen-bond acceptors (Lipinski definition) is 5. The van der Waals surface area contributed by atoms with Gasteiger partial charge in [-0.3, -0.25) is 9.48 Å². The van der Waals surface area contributed by atoms with Crippen molar-refractivity contribution in [3.8, 4) is 0 Å². The molecular weight excluding hydrogens is 354 g/mol. The molecule has 4 heterocycles. The third kappa shape index (κ3) is 3.02. The predicted octanol–water partition coefficient (Wildman–Crippen LogP) is 2.08. The van der Waals surface area contributed by atoms with Crippen LogP contribution in [0.2, 0.25) is 0 Å². The second kappa shape index (κ2) is 6.61. The van der Waals surface area contributed by atoms with Crippen LogP contribution in [0.3, 0.4) is 0 Å². The summed E-state index contributed by atoms with van der Waals surface area (Å²) in [6.07, 6.45) is 9.88. The third-order valence-corrected chi connectivity index (χ3v) is 5.95. The Labute approximate surface area is 163 Å². The Morgan fingerprint density at radius 2 is 1.93 bits per heavy atom. The fourth-order valence-corrected chi connectivity index (χ4v) is 4.09. The molecule has 1 saturated heterocycles. The van der Waals surface area contributed by atoms with Crippen molar-refractivity contribution in [3.05, 3.63) is 42.1 Å². The van der Waals surface area contributed by atoms with E-state index in [4.69, 9.17) is 5.10 Å². The van der Waals surface area contributed by atoms with E-state index >= 15 is 0 Å². The minimum Gasteiger partial charge on any atom is -0.355 e. The SMILES string of the molecule is CN(C(=O)c1ccn(C)n1)C1CCN(c2nccn3nc(C4CC4)cc23)CC1. The van der Waals surface area contributed by atoms with E-state index in [1.54, 1.807) is 16.9 Å². The molecule has 0 unspecified atom stereocenters. The van der Waals surface area contributed by atoms with E-state index in [-0.39, 0.29) is 11.9 Å². The average Bonchev–Trinajstić information content (AvgIpc) is 3.33. The summed E-state index contributed by atoms with van der Waals surface area (Å²) in [5.74, 6) is 1.62. The van der Waals surface area contributed by atoms with Gasteiger partial charge in [0, 0.05) is 57.7 Å². The predicted molar refractivity (Wildman–Crippen MR) is 105 cm³/mol. The molecule has 1 aliphatic carbocycles. The second-order valence-electron chi connectivity index (χ2n) is 7.93. The molecule has 1 amide bonds. The van der Waals surface area contributed by atoms with Crippen LogP contribution in [0.1, 0.15) is 47.8 Å². The summed E-state index contributed by atoms with van der Waals surface area (Å²) >= 11 is 0. The fourth-order valence-electron chi connectivity index (χ4n) is 4.09. The summed E-state index contributed by atoms with van der Waals surface area (Å²) in [4.78, 5) is 21.5. The standard InChI is InChI=1S/C20H25N7O/c1-24-9-7-16(22-24)20(28)25(2)15-5-10-26(11-6-15)19-18-13-17(14-3-4-14)23-27(18)12-8-21-19/h7-9,12-15H,3-6,10-11H2,1-2H3. The minimum absolute atomic E-state index is 0.0101. The Morgan fingerprint density at radius 1 is 1.14 bits per heavy atom. The number of aromatic nitrogens is 5. The molecule has 146 valence electrons. The van der Waals surface area contributed by atoms with Crippen molar-refractivity contribution in [2.24, 2.45) is 7.05 Å². The average molecular weight is 379 g/mol. The number of piperidine rings is 1. The zero-order valence-corrected chi connectivity index (χ0v) is 16.3. The van der Waals surface area contributed by atoms with Gasteiger partial charge in [-0.1, -0.05) is 0 Å². The zero-order chi connectivity index (χ0) is 19.3. The van der Waals surface area contributed by atoms with E-state index in [1.165, 1.54) is 18.5 Å². The van der Waals surface area contributed by atoms with Gasteiger partial charge in [0.1, 0.15) is 11.2 Å². The highest BCUT2D eigenvalue weighted by molar-refractivity contribution is 5.92. The Hall–Kier alpha value is -2.90. The summed E-state index contributed by atoms with van der Waals surface area (Å²) in [7, 11) is 3.71. The first-order valence-corrected chi connectivity index (χ1v) is 9.96. The van der Waals surface area contributed by atoms with Crippen LogP contribution in [-0.4, -0.2) is 61.4 Å². The van der Waals surface area contributed by atoms with Gasteiger partial charge in [-0.25, -0.2) is 9.50 Å². The van der Waals surface area contributed by atoms with E-state index in [0.717, 1.165) is 37.3 Å². The van der Waals surface area contributed by atoms with Crippen LogP contribution in [-0.2, 0) is 7.05 Å². The molecule has 3 aromatic rings. The van der Waals surface area contributed by atoms with Gasteiger partial charge in [-0.15, -0.1) is 0 Å². The summed E-state index contributed by atoms with van der Waals surface area (Å²) in [6.45, 7) is 1.75. The fraction of sp³-hybridized carbons (Fsp3) is 0.500. The van der Waals surface area contributed by atoms with Crippen molar-refractivity contribution in [1.29, 1.82) is 0 Å². The lowest BCUT2D eigenvalue weighted by Crippen LogP contribution is -2.46. The largest absolute Gasteiger partial charge is 0.355 e. The third-order valence-electron chi connectivity index (χ3n) is 5.95. The number of rotatable bonds is 4. The maximum Gasteiger partial charge on any atom is 0.274 e. The molecule has 2 fully saturated rings. The van der Waals surface area contributed by atoms with Crippen molar-refractivity contribution in [3.63, 3.8) is 0 Å². The number of fused-ring (bicyclic) bond motifs is 1. The summed E-state index contributed by atoms with van der Waals surface area (Å²) in [5.41, 5.74) is 2.77. The highest BCUT2D eigenvalue weighted by Gasteiger charge is 2.30. The number of hydrogen-bond donors (Lipinski definition) is 0. The van der Waals surface area contributed by atoms with E-state index < -0.39 is 0 Å². The smallest absolute Gasteiger partial charge is 0.274 e. The quantitative estimate of drug-likeness (QED) is 0.694. The van der Waals surface area contributed by atoms with Gasteiger partial charge in [-0.2, -0.15) is 10.2 Å². The summed E-state index contributed by atoms with van der Waals surface area (Å²) < 4.78 is 3.62. The first kappa shape index (κ1) is 17.2. The molecule has 0 atom stereocenters. The lowest BCUT2D eigenvalue weighted by Gasteiger charge is -2.37. The Bertz CT molecular complexity index is 1010. The van der Waals surface area contributed by atoms with E-state index in [0.29, 0.717) is 11.6 Å². The number of carbonyl (C=O) groups excluding carboxylic acids is 1. The Morgan fingerprint density at radius 3 is 2.61 bits per heavy atom. The maximum absolute atomic E-state index is 12.7. The molecule has 3 aromatic heterocycles. The lowest BCUT2D eigenvalue weighted by molar-refractivity contribution is 0.0702. The Balaban J connectivity index is 1.29. The molecule has 8 nitrogen and oxygen atoms in total. The van der Waals surface area contributed by atoms with E-state index in [9.17, 15) is 4.79 Å². The molecule has 0 aromatic carbocycles. The van der Waals surface area contributed by atoms with Crippen molar-refractivity contribution in [2.75, 3.05) is 25.0 Å². The number of nitrogens with zero attached hydrogens (tertiary/aromatic N) is 7. The van der Waals surface area contributed by atoms with Crippen LogP contribution in [0.4, 0.5) is 5.82 Å². The van der Waals surface area contributed by atoms with Crippen molar-refractivity contribution in [1.82, 2.24) is 29.3 Å². The molecule has 0 spiro atoms. The first-order valence-electron chi connectivity index (χ1n) is 9.96. The molecular formula is C20H25N7O. The van der Waals surface area contributed by atoms with E-state index in [1.807, 2.05) is 35.9 Å². The van der Waals surface area contributed by atoms with Gasteiger partial charge in [0.05, 0.1) is 5.69 Å². The summed E-state index contributed by atoms with van der Waals surface area (Å²) in [5, 5.41) is 8.96. The number of amides is 1. The number of carbonyl (C=O) groups is 1. The summed E-state index contributed by atoms with van der Waals surface area (Å²) in [6, 6.07) is 4.19. The van der Waals surface area contributed by atoms with Crippen LogP contribution in [0.15, 0.2) is 30.7 Å². The molecule has 1 saturated carbocycles. The van der Waals surface area contributed by atoms with Crippen LogP contribution >= 0.6 is 0 Å². The number of anilines is 1. The highest BCUT2D eigenvalue weighted by Crippen LogP contribution is 2.40. The molecule has 0 bridgehead atoms. The second-order valence-corrected chi connectivity index (χ2v) is 7.93. The molecule has 2 aliphatic rings. The molecule has 0 N–H and O–H groups in total. The van der Waals surface area contributed by atoms with Crippen molar-refractivity contribution < 1.29 is 4.79 Å². The monoisotopic (exact) mass is 379 g/mol. The maximum atomic E-state index is 12.7. The molecule has 5 rings (SSSR count). The van der Waals surface area contributed by atoms with Gasteiger partial charge in [0.25, 0.3) is 5.91 Å². The van der Waals surface area contributed by atoms with Gasteiger partial charge < -0.3 is 9.80 Å². The first-order chi connectivity index (χ1) is 13.6. The lowest BCUT2D eigenvalue weighted by atomic mass is 10.0. The normalized spacial score (nSPS) is 18.0. The van der Waals surface area contributed by atoms with E-state index in [2.05, 4.69) is 21.0 Å². The minimum atomic E-state index is -0.0101. The molecule has 8 heteroatoms. The van der Waals surface area contributed by atoms with Crippen molar-refractivity contribution in [2.45, 2.75) is 37.6 Å². The van der Waals surface area contributed by atoms with Crippen LogP contribution < -0.4 is 4.90 Å². The molecule has 0 radical (unpaired) electrons.